The standard InChI is InChI=1S/C6H8ClN3O2/c1-9-6(7)5(4-8-9)2-3-10(11)12/h2-4,11-12H,1H3/b3-2+. The van der Waals surface area contributed by atoms with Crippen molar-refractivity contribution in [2.24, 2.45) is 7.05 Å². The van der Waals surface area contributed by atoms with E-state index in [9.17, 15) is 0 Å². The molecule has 0 unspecified atom stereocenters. The highest BCUT2D eigenvalue weighted by molar-refractivity contribution is 6.31. The lowest BCUT2D eigenvalue weighted by Crippen LogP contribution is -2.02. The molecule has 6 heteroatoms. The minimum atomic E-state index is -0.0523. The van der Waals surface area contributed by atoms with Crippen LogP contribution in [0, 0.1) is 0 Å². The zero-order valence-electron chi connectivity index (χ0n) is 6.35. The van der Waals surface area contributed by atoms with Crippen LogP contribution in [0.5, 0.6) is 0 Å². The van der Waals surface area contributed by atoms with Crippen LogP contribution in [0.4, 0.5) is 0 Å². The van der Waals surface area contributed by atoms with Crippen LogP contribution in [-0.2, 0) is 7.05 Å². The van der Waals surface area contributed by atoms with Gasteiger partial charge in [-0.1, -0.05) is 11.6 Å². The van der Waals surface area contributed by atoms with Gasteiger partial charge in [0.1, 0.15) is 5.15 Å². The molecule has 0 fully saturated rings. The van der Waals surface area contributed by atoms with E-state index in [0.717, 1.165) is 6.20 Å². The van der Waals surface area contributed by atoms with Crippen molar-refractivity contribution in [3.05, 3.63) is 23.1 Å². The second-order valence-corrected chi connectivity index (χ2v) is 2.51. The van der Waals surface area contributed by atoms with Gasteiger partial charge in [-0.25, -0.2) is 0 Å². The number of aryl methyl sites for hydroxylation is 1. The van der Waals surface area contributed by atoms with Crippen molar-refractivity contribution in [1.29, 1.82) is 0 Å². The predicted molar refractivity (Wildman–Crippen MR) is 42.7 cm³/mol. The van der Waals surface area contributed by atoms with E-state index < -0.39 is 0 Å². The Kier molecular flexibility index (Phi) is 2.69. The number of rotatable bonds is 2. The molecule has 0 saturated carbocycles. The summed E-state index contributed by atoms with van der Waals surface area (Å²) in [4.78, 5) is 0. The van der Waals surface area contributed by atoms with E-state index in [4.69, 9.17) is 22.0 Å². The maximum absolute atomic E-state index is 8.34. The minimum Gasteiger partial charge on any atom is -0.264 e. The Morgan fingerprint density at radius 2 is 2.33 bits per heavy atom. The van der Waals surface area contributed by atoms with E-state index in [1.807, 2.05) is 0 Å². The van der Waals surface area contributed by atoms with E-state index in [-0.39, 0.29) is 5.23 Å². The Labute approximate surface area is 74.0 Å². The fourth-order valence-corrected chi connectivity index (χ4v) is 0.854. The molecular formula is C6H8ClN3O2. The lowest BCUT2D eigenvalue weighted by Gasteiger charge is -1.97. The van der Waals surface area contributed by atoms with Crippen LogP contribution in [-0.4, -0.2) is 25.4 Å². The summed E-state index contributed by atoms with van der Waals surface area (Å²) in [6.45, 7) is 0. The van der Waals surface area contributed by atoms with Gasteiger partial charge in [-0.2, -0.15) is 5.10 Å². The van der Waals surface area contributed by atoms with Crippen LogP contribution in [0.25, 0.3) is 6.08 Å². The van der Waals surface area contributed by atoms with Gasteiger partial charge in [-0.15, -0.1) is 5.23 Å². The summed E-state index contributed by atoms with van der Waals surface area (Å²) in [5, 5.41) is 20.9. The van der Waals surface area contributed by atoms with Gasteiger partial charge in [0, 0.05) is 12.6 Å². The molecule has 0 spiro atoms. The van der Waals surface area contributed by atoms with Crippen molar-refractivity contribution in [2.75, 3.05) is 0 Å². The second kappa shape index (κ2) is 3.57. The Hall–Kier alpha value is -1.04. The summed E-state index contributed by atoms with van der Waals surface area (Å²) < 4.78 is 1.47. The molecule has 0 atom stereocenters. The van der Waals surface area contributed by atoms with E-state index in [0.29, 0.717) is 10.7 Å². The third kappa shape index (κ3) is 1.97. The largest absolute Gasteiger partial charge is 0.264 e. The molecule has 0 radical (unpaired) electrons. The van der Waals surface area contributed by atoms with Crippen LogP contribution in [0.3, 0.4) is 0 Å². The van der Waals surface area contributed by atoms with Crippen LogP contribution >= 0.6 is 11.6 Å². The molecule has 0 amide bonds. The second-order valence-electron chi connectivity index (χ2n) is 2.15. The smallest absolute Gasteiger partial charge is 0.133 e. The molecule has 0 aliphatic carbocycles. The molecule has 2 N–H and O–H groups in total. The summed E-state index contributed by atoms with van der Waals surface area (Å²) in [5.41, 5.74) is 0.618. The fraction of sp³-hybridized carbons (Fsp3) is 0.167. The van der Waals surface area contributed by atoms with Crippen molar-refractivity contribution in [3.63, 3.8) is 0 Å². The first-order valence-electron chi connectivity index (χ1n) is 3.14. The molecule has 12 heavy (non-hydrogen) atoms. The first-order chi connectivity index (χ1) is 5.61. The zero-order chi connectivity index (χ0) is 9.14. The summed E-state index contributed by atoms with van der Waals surface area (Å²) in [7, 11) is 1.69. The highest BCUT2D eigenvalue weighted by atomic mass is 35.5. The van der Waals surface area contributed by atoms with Crippen LogP contribution in [0.2, 0.25) is 5.15 Å². The highest BCUT2D eigenvalue weighted by Gasteiger charge is 2.01. The number of aromatic nitrogens is 2. The molecule has 1 aromatic heterocycles. The predicted octanol–water partition coefficient (Wildman–Crippen LogP) is 1.12. The van der Waals surface area contributed by atoms with Crippen LogP contribution < -0.4 is 0 Å². The summed E-state index contributed by atoms with van der Waals surface area (Å²) >= 11 is 5.76. The summed E-state index contributed by atoms with van der Waals surface area (Å²) in [5.74, 6) is 0. The summed E-state index contributed by atoms with van der Waals surface area (Å²) in [6, 6.07) is 0. The van der Waals surface area contributed by atoms with Gasteiger partial charge >= 0.3 is 0 Å². The van der Waals surface area contributed by atoms with Gasteiger partial charge in [0.25, 0.3) is 0 Å². The number of nitrogens with zero attached hydrogens (tertiary/aromatic N) is 3. The van der Waals surface area contributed by atoms with Crippen molar-refractivity contribution >= 4 is 17.7 Å². The average molecular weight is 190 g/mol. The molecule has 0 aliphatic rings. The van der Waals surface area contributed by atoms with Gasteiger partial charge in [0.15, 0.2) is 0 Å². The third-order valence-corrected chi connectivity index (χ3v) is 1.74. The molecule has 66 valence electrons. The molecular weight excluding hydrogens is 182 g/mol. The normalized spacial score (nSPS) is 11.0. The SMILES string of the molecule is Cn1ncc(/C=C/N(O)O)c1Cl. The third-order valence-electron chi connectivity index (χ3n) is 1.28. The number of hydroxylamine groups is 2. The molecule has 0 bridgehead atoms. The van der Waals surface area contributed by atoms with Gasteiger partial charge in [0.2, 0.25) is 0 Å². The Morgan fingerprint density at radius 1 is 1.67 bits per heavy atom. The van der Waals surface area contributed by atoms with Crippen molar-refractivity contribution in [2.45, 2.75) is 0 Å². The molecule has 5 nitrogen and oxygen atoms in total. The zero-order valence-corrected chi connectivity index (χ0v) is 7.10. The Morgan fingerprint density at radius 3 is 2.75 bits per heavy atom. The van der Waals surface area contributed by atoms with Crippen molar-refractivity contribution in [3.8, 4) is 0 Å². The van der Waals surface area contributed by atoms with Crippen molar-refractivity contribution in [1.82, 2.24) is 15.0 Å². The maximum Gasteiger partial charge on any atom is 0.133 e. The van der Waals surface area contributed by atoms with E-state index in [1.165, 1.54) is 17.0 Å². The van der Waals surface area contributed by atoms with Gasteiger partial charge in [-0.3, -0.25) is 15.1 Å². The molecule has 1 heterocycles. The highest BCUT2D eigenvalue weighted by Crippen LogP contribution is 2.15. The van der Waals surface area contributed by atoms with Crippen molar-refractivity contribution < 1.29 is 10.4 Å². The first-order valence-corrected chi connectivity index (χ1v) is 3.51. The molecule has 1 rings (SSSR count). The number of hydrogen-bond acceptors (Lipinski definition) is 4. The van der Waals surface area contributed by atoms with Gasteiger partial charge in [0.05, 0.1) is 12.4 Å². The molecule has 1 aromatic rings. The Balaban J connectivity index is 2.83. The maximum atomic E-state index is 8.34. The number of hydrogen-bond donors (Lipinski definition) is 2. The minimum absolute atomic E-state index is 0.0523. The van der Waals surface area contributed by atoms with Gasteiger partial charge < -0.3 is 0 Å². The quantitative estimate of drug-likeness (QED) is 0.685. The van der Waals surface area contributed by atoms with E-state index in [2.05, 4.69) is 5.10 Å². The van der Waals surface area contributed by atoms with Gasteiger partial charge in [-0.05, 0) is 6.08 Å². The average Bonchev–Trinajstić information content (AvgIpc) is 2.30. The topological polar surface area (TPSA) is 61.5 Å². The van der Waals surface area contributed by atoms with E-state index in [1.54, 1.807) is 7.05 Å². The lowest BCUT2D eigenvalue weighted by molar-refractivity contribution is -0.266. The van der Waals surface area contributed by atoms with Crippen LogP contribution in [0.15, 0.2) is 12.4 Å². The number of halogens is 1. The molecule has 0 aromatic carbocycles. The summed E-state index contributed by atoms with van der Waals surface area (Å²) in [6.07, 6.45) is 3.99. The monoisotopic (exact) mass is 189 g/mol. The molecule has 0 saturated heterocycles. The Bertz CT molecular complexity index is 295. The molecule has 0 aliphatic heterocycles. The lowest BCUT2D eigenvalue weighted by atomic mass is 10.3. The van der Waals surface area contributed by atoms with Crippen LogP contribution in [0.1, 0.15) is 5.56 Å². The fourth-order valence-electron chi connectivity index (χ4n) is 0.698. The van der Waals surface area contributed by atoms with E-state index >= 15 is 0 Å². The first kappa shape index (κ1) is 9.05.